The molecule has 0 bridgehead atoms. The summed E-state index contributed by atoms with van der Waals surface area (Å²) in [5, 5.41) is 0. The summed E-state index contributed by atoms with van der Waals surface area (Å²) in [4.78, 5) is 0. The van der Waals surface area contributed by atoms with E-state index >= 15 is 0 Å². The van der Waals surface area contributed by atoms with Gasteiger partial charge in [-0.05, 0) is 56.7 Å². The molecule has 1 aliphatic heterocycles. The van der Waals surface area contributed by atoms with Crippen molar-refractivity contribution in [2.75, 3.05) is 13.2 Å². The van der Waals surface area contributed by atoms with Gasteiger partial charge in [-0.25, -0.2) is 0 Å². The van der Waals surface area contributed by atoms with E-state index in [-0.39, 0.29) is 0 Å². The minimum Gasteiger partial charge on any atom is -0.378 e. The highest BCUT2D eigenvalue weighted by atomic mass is 16.5. The highest BCUT2D eigenvalue weighted by Gasteiger charge is 2.27. The molecule has 0 spiro atoms. The van der Waals surface area contributed by atoms with Crippen LogP contribution in [0.25, 0.3) is 0 Å². The molecule has 1 aromatic rings. The number of ether oxygens (including phenoxy) is 1. The second-order valence-electron chi connectivity index (χ2n) is 5.56. The lowest BCUT2D eigenvalue weighted by molar-refractivity contribution is 0.000349. The Balaban J connectivity index is 2.32. The second kappa shape index (κ2) is 5.85. The molecule has 1 heterocycles. The molecule has 2 N–H and O–H groups in total. The first-order valence-corrected chi connectivity index (χ1v) is 7.03. The third-order valence-electron chi connectivity index (χ3n) is 4.03. The number of hydrogen-bond donors (Lipinski definition) is 1. The maximum Gasteiger partial charge on any atom is 0.0655 e. The molecule has 0 radical (unpaired) electrons. The molecule has 1 saturated heterocycles. The zero-order chi connectivity index (χ0) is 13.1. The fourth-order valence-corrected chi connectivity index (χ4v) is 3.31. The molecule has 18 heavy (non-hydrogen) atoms. The van der Waals surface area contributed by atoms with Crippen molar-refractivity contribution in [2.24, 2.45) is 5.73 Å². The Morgan fingerprint density at radius 2 is 1.89 bits per heavy atom. The van der Waals surface area contributed by atoms with Crippen molar-refractivity contribution < 1.29 is 4.74 Å². The maximum atomic E-state index is 6.03. The number of nitrogens with two attached hydrogens (primary N) is 1. The van der Waals surface area contributed by atoms with E-state index in [0.29, 0.717) is 18.6 Å². The lowest BCUT2D eigenvalue weighted by Crippen LogP contribution is -2.32. The van der Waals surface area contributed by atoms with E-state index in [4.69, 9.17) is 10.5 Å². The largest absolute Gasteiger partial charge is 0.378 e. The van der Waals surface area contributed by atoms with Gasteiger partial charge in [0, 0.05) is 19.1 Å². The van der Waals surface area contributed by atoms with E-state index in [1.54, 1.807) is 0 Å². The van der Waals surface area contributed by atoms with Gasteiger partial charge in [-0.3, -0.25) is 0 Å². The summed E-state index contributed by atoms with van der Waals surface area (Å²) in [7, 11) is 0. The monoisotopic (exact) mass is 247 g/mol. The third kappa shape index (κ3) is 2.76. The van der Waals surface area contributed by atoms with Gasteiger partial charge in [-0.15, -0.1) is 0 Å². The van der Waals surface area contributed by atoms with Crippen molar-refractivity contribution >= 4 is 0 Å². The minimum absolute atomic E-state index is 0.309. The Labute approximate surface area is 111 Å². The van der Waals surface area contributed by atoms with Crippen LogP contribution in [0.1, 0.15) is 47.4 Å². The van der Waals surface area contributed by atoms with Crippen LogP contribution in [0.15, 0.2) is 12.1 Å². The number of benzene rings is 1. The first kappa shape index (κ1) is 13.6. The molecule has 0 amide bonds. The van der Waals surface area contributed by atoms with Gasteiger partial charge < -0.3 is 10.5 Å². The van der Waals surface area contributed by atoms with Gasteiger partial charge in [0.05, 0.1) is 6.10 Å². The fourth-order valence-electron chi connectivity index (χ4n) is 3.31. The Morgan fingerprint density at radius 3 is 2.39 bits per heavy atom. The molecule has 1 aromatic carbocycles. The minimum atomic E-state index is 0.309. The Bertz CT molecular complexity index is 385. The molecular weight excluding hydrogens is 222 g/mol. The summed E-state index contributed by atoms with van der Waals surface area (Å²) in [6.45, 7) is 8.11. The van der Waals surface area contributed by atoms with Gasteiger partial charge in [0.25, 0.3) is 0 Å². The van der Waals surface area contributed by atoms with Crippen LogP contribution in [0.3, 0.4) is 0 Å². The number of aryl methyl sites for hydroxylation is 3. The van der Waals surface area contributed by atoms with Gasteiger partial charge in [0.1, 0.15) is 0 Å². The van der Waals surface area contributed by atoms with E-state index in [1.165, 1.54) is 35.1 Å². The third-order valence-corrected chi connectivity index (χ3v) is 4.03. The van der Waals surface area contributed by atoms with Gasteiger partial charge in [0.2, 0.25) is 0 Å². The summed E-state index contributed by atoms with van der Waals surface area (Å²) < 4.78 is 5.95. The first-order valence-electron chi connectivity index (χ1n) is 7.03. The molecule has 2 nitrogen and oxygen atoms in total. The predicted octanol–water partition coefficient (Wildman–Crippen LogP) is 3.22. The van der Waals surface area contributed by atoms with Crippen molar-refractivity contribution in [1.29, 1.82) is 0 Å². The van der Waals surface area contributed by atoms with E-state index in [0.717, 1.165) is 13.0 Å². The van der Waals surface area contributed by atoms with Crippen molar-refractivity contribution in [3.8, 4) is 0 Å². The number of hydrogen-bond acceptors (Lipinski definition) is 2. The maximum absolute atomic E-state index is 6.03. The van der Waals surface area contributed by atoms with Crippen LogP contribution in [0.4, 0.5) is 0 Å². The molecule has 0 aliphatic carbocycles. The average Bonchev–Trinajstić information content (AvgIpc) is 2.34. The highest BCUT2D eigenvalue weighted by Crippen LogP contribution is 2.32. The second-order valence-corrected chi connectivity index (χ2v) is 5.56. The van der Waals surface area contributed by atoms with Crippen LogP contribution in [0.5, 0.6) is 0 Å². The standard InChI is InChI=1S/C16H25NO/c1-11-8-12(2)16(13(3)9-11)14(10-17)15-6-4-5-7-18-15/h8-9,14-15H,4-7,10,17H2,1-3H3. The molecule has 2 rings (SSSR count). The van der Waals surface area contributed by atoms with E-state index in [1.807, 2.05) is 0 Å². The molecule has 1 fully saturated rings. The topological polar surface area (TPSA) is 35.2 Å². The zero-order valence-corrected chi connectivity index (χ0v) is 11.8. The summed E-state index contributed by atoms with van der Waals surface area (Å²) in [5.74, 6) is 0.353. The molecule has 0 aromatic heterocycles. The molecule has 2 atom stereocenters. The summed E-state index contributed by atoms with van der Waals surface area (Å²) >= 11 is 0. The lowest BCUT2D eigenvalue weighted by atomic mass is 9.83. The summed E-state index contributed by atoms with van der Waals surface area (Å²) in [5.41, 5.74) is 11.5. The highest BCUT2D eigenvalue weighted by molar-refractivity contribution is 5.40. The molecule has 0 saturated carbocycles. The first-order chi connectivity index (χ1) is 8.63. The molecule has 100 valence electrons. The summed E-state index contributed by atoms with van der Waals surface area (Å²) in [6.07, 6.45) is 3.92. The van der Waals surface area contributed by atoms with Crippen LogP contribution in [0.2, 0.25) is 0 Å². The zero-order valence-electron chi connectivity index (χ0n) is 11.8. The van der Waals surface area contributed by atoms with Crippen molar-refractivity contribution in [3.63, 3.8) is 0 Å². The van der Waals surface area contributed by atoms with Gasteiger partial charge in [-0.1, -0.05) is 17.7 Å². The van der Waals surface area contributed by atoms with Crippen LogP contribution < -0.4 is 5.73 Å². The van der Waals surface area contributed by atoms with Crippen molar-refractivity contribution in [1.82, 2.24) is 0 Å². The quantitative estimate of drug-likeness (QED) is 0.890. The van der Waals surface area contributed by atoms with Gasteiger partial charge in [-0.2, -0.15) is 0 Å². The van der Waals surface area contributed by atoms with Crippen LogP contribution in [0, 0.1) is 20.8 Å². The van der Waals surface area contributed by atoms with E-state index in [2.05, 4.69) is 32.9 Å². The van der Waals surface area contributed by atoms with Gasteiger partial charge in [0.15, 0.2) is 0 Å². The van der Waals surface area contributed by atoms with Crippen molar-refractivity contribution in [3.05, 3.63) is 34.4 Å². The van der Waals surface area contributed by atoms with Crippen LogP contribution in [-0.4, -0.2) is 19.3 Å². The Morgan fingerprint density at radius 1 is 1.22 bits per heavy atom. The SMILES string of the molecule is Cc1cc(C)c(C(CN)C2CCCCO2)c(C)c1. The number of rotatable bonds is 3. The molecular formula is C16H25NO. The van der Waals surface area contributed by atoms with Crippen LogP contribution in [-0.2, 0) is 4.74 Å². The average molecular weight is 247 g/mol. The van der Waals surface area contributed by atoms with Gasteiger partial charge >= 0.3 is 0 Å². The van der Waals surface area contributed by atoms with Crippen molar-refractivity contribution in [2.45, 2.75) is 52.1 Å². The normalized spacial score (nSPS) is 21.9. The Kier molecular flexibility index (Phi) is 4.41. The van der Waals surface area contributed by atoms with E-state index < -0.39 is 0 Å². The molecule has 1 aliphatic rings. The fraction of sp³-hybridized carbons (Fsp3) is 0.625. The molecule has 2 unspecified atom stereocenters. The van der Waals surface area contributed by atoms with E-state index in [9.17, 15) is 0 Å². The van der Waals surface area contributed by atoms with Crippen LogP contribution >= 0.6 is 0 Å². The summed E-state index contributed by atoms with van der Waals surface area (Å²) in [6, 6.07) is 4.52. The smallest absolute Gasteiger partial charge is 0.0655 e. The molecule has 2 heteroatoms. The Hall–Kier alpha value is -0.860. The predicted molar refractivity (Wildman–Crippen MR) is 76.0 cm³/mol. The lowest BCUT2D eigenvalue weighted by Gasteiger charge is -2.32.